The van der Waals surface area contributed by atoms with E-state index in [-0.39, 0.29) is 17.9 Å². The van der Waals surface area contributed by atoms with Gasteiger partial charge in [0.15, 0.2) is 0 Å². The Balaban J connectivity index is 1.41. The van der Waals surface area contributed by atoms with Crippen LogP contribution < -0.4 is 10.1 Å². The zero-order valence-corrected chi connectivity index (χ0v) is 16.2. The molecular formula is C24H29NO2. The van der Waals surface area contributed by atoms with Crippen molar-refractivity contribution in [2.24, 2.45) is 5.92 Å². The maximum Gasteiger partial charge on any atom is 0.223 e. The van der Waals surface area contributed by atoms with E-state index in [4.69, 9.17) is 4.74 Å². The van der Waals surface area contributed by atoms with Gasteiger partial charge >= 0.3 is 0 Å². The number of ether oxygens (including phenoxy) is 1. The van der Waals surface area contributed by atoms with Gasteiger partial charge in [-0.05, 0) is 79.3 Å². The standard InChI is InChI=1S/C24H29NO2/c1-2-14-27-21-13-12-18-15-20(11-10-19(18)16-21)24(26)25-23-9-5-7-17-6-3-4-8-22(17)23/h3-4,6,8,12-13,16,20,23H,2,5,7,9-11,14-15H2,1H3,(H,25,26)/t20-,23+/m0/s1. The topological polar surface area (TPSA) is 38.3 Å². The first kappa shape index (κ1) is 18.1. The van der Waals surface area contributed by atoms with Crippen LogP contribution in [0.2, 0.25) is 0 Å². The third-order valence-corrected chi connectivity index (χ3v) is 5.94. The van der Waals surface area contributed by atoms with E-state index < -0.39 is 0 Å². The van der Waals surface area contributed by atoms with Gasteiger partial charge in [0.25, 0.3) is 0 Å². The third-order valence-electron chi connectivity index (χ3n) is 5.94. The molecule has 1 amide bonds. The summed E-state index contributed by atoms with van der Waals surface area (Å²) in [7, 11) is 0. The summed E-state index contributed by atoms with van der Waals surface area (Å²) >= 11 is 0. The molecule has 3 nitrogen and oxygen atoms in total. The summed E-state index contributed by atoms with van der Waals surface area (Å²) in [5, 5.41) is 3.35. The van der Waals surface area contributed by atoms with Gasteiger partial charge in [0.2, 0.25) is 5.91 Å². The lowest BCUT2D eigenvalue weighted by molar-refractivity contribution is -0.126. The largest absolute Gasteiger partial charge is 0.494 e. The van der Waals surface area contributed by atoms with Crippen LogP contribution in [-0.4, -0.2) is 12.5 Å². The van der Waals surface area contributed by atoms with Crippen LogP contribution >= 0.6 is 0 Å². The maximum absolute atomic E-state index is 13.0. The molecule has 0 spiro atoms. The van der Waals surface area contributed by atoms with Gasteiger partial charge in [-0.1, -0.05) is 37.3 Å². The van der Waals surface area contributed by atoms with Crippen LogP contribution in [0.3, 0.4) is 0 Å². The molecule has 0 bridgehead atoms. The molecule has 0 saturated heterocycles. The molecule has 27 heavy (non-hydrogen) atoms. The first-order valence-corrected chi connectivity index (χ1v) is 10.4. The minimum absolute atomic E-state index is 0.0778. The molecule has 2 aromatic carbocycles. The van der Waals surface area contributed by atoms with Gasteiger partial charge < -0.3 is 10.1 Å². The minimum atomic E-state index is 0.0778. The summed E-state index contributed by atoms with van der Waals surface area (Å²) in [5.74, 6) is 1.25. The molecule has 0 fully saturated rings. The lowest BCUT2D eigenvalue weighted by Crippen LogP contribution is -2.37. The Labute approximate surface area is 162 Å². The summed E-state index contributed by atoms with van der Waals surface area (Å²) in [6, 6.07) is 15.1. The highest BCUT2D eigenvalue weighted by Gasteiger charge is 2.28. The normalized spacial score (nSPS) is 21.1. The summed E-state index contributed by atoms with van der Waals surface area (Å²) < 4.78 is 5.75. The fourth-order valence-corrected chi connectivity index (χ4v) is 4.46. The van der Waals surface area contributed by atoms with Crippen LogP contribution in [0.5, 0.6) is 5.75 Å². The van der Waals surface area contributed by atoms with E-state index in [0.29, 0.717) is 0 Å². The van der Waals surface area contributed by atoms with Gasteiger partial charge in [0.05, 0.1) is 12.6 Å². The van der Waals surface area contributed by atoms with Crippen molar-refractivity contribution in [3.63, 3.8) is 0 Å². The molecule has 3 heteroatoms. The van der Waals surface area contributed by atoms with E-state index in [0.717, 1.165) is 57.3 Å². The summed E-state index contributed by atoms with van der Waals surface area (Å²) in [4.78, 5) is 13.0. The van der Waals surface area contributed by atoms with E-state index in [1.165, 1.54) is 22.3 Å². The molecule has 2 atom stereocenters. The maximum atomic E-state index is 13.0. The molecule has 142 valence electrons. The Kier molecular flexibility index (Phi) is 5.47. The van der Waals surface area contributed by atoms with Crippen molar-refractivity contribution in [1.82, 2.24) is 5.32 Å². The smallest absolute Gasteiger partial charge is 0.223 e. The molecule has 2 aliphatic rings. The third kappa shape index (κ3) is 4.02. The van der Waals surface area contributed by atoms with Crippen LogP contribution in [0.25, 0.3) is 0 Å². The highest BCUT2D eigenvalue weighted by molar-refractivity contribution is 5.80. The van der Waals surface area contributed by atoms with E-state index in [1.807, 2.05) is 6.07 Å². The predicted octanol–water partition coefficient (Wildman–Crippen LogP) is 4.77. The van der Waals surface area contributed by atoms with Crippen LogP contribution in [0.4, 0.5) is 0 Å². The van der Waals surface area contributed by atoms with E-state index in [1.54, 1.807) is 0 Å². The number of nitrogens with one attached hydrogen (secondary N) is 1. The van der Waals surface area contributed by atoms with E-state index in [2.05, 4.69) is 48.6 Å². The number of rotatable bonds is 5. The van der Waals surface area contributed by atoms with Crippen molar-refractivity contribution >= 4 is 5.91 Å². The first-order chi connectivity index (χ1) is 13.2. The molecule has 0 aliphatic heterocycles. The number of hydrogen-bond donors (Lipinski definition) is 1. The lowest BCUT2D eigenvalue weighted by atomic mass is 9.82. The molecule has 0 unspecified atom stereocenters. The monoisotopic (exact) mass is 363 g/mol. The Morgan fingerprint density at radius 3 is 2.85 bits per heavy atom. The Morgan fingerprint density at radius 2 is 1.96 bits per heavy atom. The van der Waals surface area contributed by atoms with Gasteiger partial charge in [-0.25, -0.2) is 0 Å². The van der Waals surface area contributed by atoms with Crippen molar-refractivity contribution in [2.45, 2.75) is 57.9 Å². The van der Waals surface area contributed by atoms with Gasteiger partial charge in [0, 0.05) is 5.92 Å². The molecule has 1 N–H and O–H groups in total. The Hall–Kier alpha value is -2.29. The number of fused-ring (bicyclic) bond motifs is 2. The number of hydrogen-bond acceptors (Lipinski definition) is 2. The van der Waals surface area contributed by atoms with Gasteiger partial charge in [0.1, 0.15) is 5.75 Å². The van der Waals surface area contributed by atoms with Crippen LogP contribution in [0, 0.1) is 5.92 Å². The highest BCUT2D eigenvalue weighted by Crippen LogP contribution is 2.32. The Bertz CT molecular complexity index is 814. The van der Waals surface area contributed by atoms with Crippen molar-refractivity contribution in [3.05, 3.63) is 64.7 Å². The molecule has 0 heterocycles. The fraction of sp³-hybridized carbons (Fsp3) is 0.458. The zero-order valence-electron chi connectivity index (χ0n) is 16.2. The molecule has 0 aromatic heterocycles. The van der Waals surface area contributed by atoms with Crippen molar-refractivity contribution in [3.8, 4) is 5.75 Å². The Morgan fingerprint density at radius 1 is 1.07 bits per heavy atom. The summed E-state index contributed by atoms with van der Waals surface area (Å²) in [5.41, 5.74) is 5.35. The average molecular weight is 364 g/mol. The number of carbonyl (C=O) groups excluding carboxylic acids is 1. The highest BCUT2D eigenvalue weighted by atomic mass is 16.5. The summed E-state index contributed by atoms with van der Waals surface area (Å²) in [6.07, 6.45) is 7.05. The molecule has 2 aliphatic carbocycles. The summed E-state index contributed by atoms with van der Waals surface area (Å²) in [6.45, 7) is 2.87. The van der Waals surface area contributed by atoms with Gasteiger partial charge in [-0.15, -0.1) is 0 Å². The van der Waals surface area contributed by atoms with Crippen molar-refractivity contribution in [1.29, 1.82) is 0 Å². The van der Waals surface area contributed by atoms with E-state index >= 15 is 0 Å². The second kappa shape index (κ2) is 8.16. The van der Waals surface area contributed by atoms with Crippen molar-refractivity contribution < 1.29 is 9.53 Å². The lowest BCUT2D eigenvalue weighted by Gasteiger charge is -2.30. The zero-order chi connectivity index (χ0) is 18.6. The van der Waals surface area contributed by atoms with Gasteiger partial charge in [-0.3, -0.25) is 4.79 Å². The second-order valence-corrected chi connectivity index (χ2v) is 7.87. The number of benzene rings is 2. The molecule has 4 rings (SSSR count). The van der Waals surface area contributed by atoms with Crippen LogP contribution in [0.1, 0.15) is 60.9 Å². The number of carbonyl (C=O) groups is 1. The molecular weight excluding hydrogens is 334 g/mol. The van der Waals surface area contributed by atoms with Gasteiger partial charge in [-0.2, -0.15) is 0 Å². The van der Waals surface area contributed by atoms with Crippen LogP contribution in [-0.2, 0) is 24.1 Å². The van der Waals surface area contributed by atoms with E-state index in [9.17, 15) is 4.79 Å². The minimum Gasteiger partial charge on any atom is -0.494 e. The van der Waals surface area contributed by atoms with Crippen LogP contribution in [0.15, 0.2) is 42.5 Å². The molecule has 0 saturated carbocycles. The average Bonchev–Trinajstić information content (AvgIpc) is 2.72. The molecule has 2 aromatic rings. The first-order valence-electron chi connectivity index (χ1n) is 10.4. The number of amides is 1. The second-order valence-electron chi connectivity index (χ2n) is 7.87. The number of aryl methyl sites for hydroxylation is 2. The molecule has 0 radical (unpaired) electrons. The fourth-order valence-electron chi connectivity index (χ4n) is 4.46. The quantitative estimate of drug-likeness (QED) is 0.831. The SMILES string of the molecule is CCCOc1ccc2c(c1)CC[C@H](C(=O)N[C@@H]1CCCc3ccccc31)C2. The van der Waals surface area contributed by atoms with Crippen molar-refractivity contribution in [2.75, 3.05) is 6.61 Å². The predicted molar refractivity (Wildman–Crippen MR) is 108 cm³/mol.